The van der Waals surface area contributed by atoms with Crippen LogP contribution in [0.3, 0.4) is 0 Å². The molecular formula is C9H16F6N2. The van der Waals surface area contributed by atoms with Gasteiger partial charge in [0.25, 0.3) is 0 Å². The number of rotatable bonds is 6. The molecule has 0 atom stereocenters. The van der Waals surface area contributed by atoms with Gasteiger partial charge in [-0.15, -0.1) is 0 Å². The lowest BCUT2D eigenvalue weighted by atomic mass is 10.1. The molecule has 0 aliphatic carbocycles. The zero-order valence-corrected chi connectivity index (χ0v) is 9.62. The van der Waals surface area contributed by atoms with Gasteiger partial charge in [0.05, 0.1) is 0 Å². The first-order valence-electron chi connectivity index (χ1n) is 5.11. The Morgan fingerprint density at radius 1 is 1.06 bits per heavy atom. The quantitative estimate of drug-likeness (QED) is 0.586. The van der Waals surface area contributed by atoms with Crippen molar-refractivity contribution in [3.8, 4) is 0 Å². The Morgan fingerprint density at radius 2 is 1.53 bits per heavy atom. The molecule has 0 aliphatic rings. The van der Waals surface area contributed by atoms with Gasteiger partial charge in [0.15, 0.2) is 5.92 Å². The van der Waals surface area contributed by atoms with Crippen molar-refractivity contribution < 1.29 is 26.3 Å². The second kappa shape index (κ2) is 6.44. The summed E-state index contributed by atoms with van der Waals surface area (Å²) in [5.74, 6) is -3.29. The topological polar surface area (TPSA) is 15.3 Å². The average Bonchev–Trinajstić information content (AvgIpc) is 2.11. The highest BCUT2D eigenvalue weighted by Gasteiger charge is 2.56. The summed E-state index contributed by atoms with van der Waals surface area (Å²) in [5.41, 5.74) is 0. The Bertz CT molecular complexity index is 199. The van der Waals surface area contributed by atoms with Crippen molar-refractivity contribution in [2.75, 3.05) is 33.2 Å². The van der Waals surface area contributed by atoms with Crippen LogP contribution in [0.1, 0.15) is 6.92 Å². The first kappa shape index (κ1) is 16.5. The maximum absolute atomic E-state index is 12.2. The van der Waals surface area contributed by atoms with E-state index in [1.54, 1.807) is 6.92 Å². The van der Waals surface area contributed by atoms with Crippen molar-refractivity contribution in [1.82, 2.24) is 10.2 Å². The zero-order chi connectivity index (χ0) is 13.7. The van der Waals surface area contributed by atoms with Gasteiger partial charge in [-0.1, -0.05) is 6.92 Å². The molecule has 0 amide bonds. The molecule has 17 heavy (non-hydrogen) atoms. The Labute approximate surface area is 96.0 Å². The highest BCUT2D eigenvalue weighted by atomic mass is 19.4. The van der Waals surface area contributed by atoms with Gasteiger partial charge in [-0.2, -0.15) is 26.3 Å². The Morgan fingerprint density at radius 3 is 1.88 bits per heavy atom. The van der Waals surface area contributed by atoms with E-state index in [-0.39, 0.29) is 6.54 Å². The van der Waals surface area contributed by atoms with Crippen LogP contribution in [0, 0.1) is 5.92 Å². The highest BCUT2D eigenvalue weighted by molar-refractivity contribution is 4.78. The third kappa shape index (κ3) is 6.72. The van der Waals surface area contributed by atoms with E-state index in [9.17, 15) is 26.3 Å². The van der Waals surface area contributed by atoms with E-state index in [1.807, 2.05) is 0 Å². The molecule has 0 fully saturated rings. The summed E-state index contributed by atoms with van der Waals surface area (Å²) < 4.78 is 73.2. The van der Waals surface area contributed by atoms with Crippen LogP contribution >= 0.6 is 0 Å². The number of hydrogen-bond acceptors (Lipinski definition) is 2. The van der Waals surface area contributed by atoms with E-state index >= 15 is 0 Å². The molecule has 0 rings (SSSR count). The zero-order valence-electron chi connectivity index (χ0n) is 9.62. The molecule has 0 aliphatic heterocycles. The van der Waals surface area contributed by atoms with Crippen LogP contribution in [0.2, 0.25) is 0 Å². The minimum Gasteiger partial charge on any atom is -0.316 e. The summed E-state index contributed by atoms with van der Waals surface area (Å²) in [5, 5.41) is 2.83. The molecule has 0 spiro atoms. The van der Waals surface area contributed by atoms with Gasteiger partial charge in [-0.25, -0.2) is 0 Å². The molecular weight excluding hydrogens is 250 g/mol. The van der Waals surface area contributed by atoms with Crippen molar-refractivity contribution in [1.29, 1.82) is 0 Å². The Hall–Kier alpha value is -0.500. The van der Waals surface area contributed by atoms with E-state index in [1.165, 1.54) is 7.05 Å². The first-order chi connectivity index (χ1) is 7.59. The molecule has 0 aromatic carbocycles. The number of nitrogens with zero attached hydrogens (tertiary/aromatic N) is 1. The van der Waals surface area contributed by atoms with Crippen LogP contribution in [0.4, 0.5) is 26.3 Å². The second-order valence-electron chi connectivity index (χ2n) is 3.75. The van der Waals surface area contributed by atoms with Gasteiger partial charge in [0.2, 0.25) is 0 Å². The molecule has 0 aromatic heterocycles. The molecule has 0 unspecified atom stereocenters. The maximum Gasteiger partial charge on any atom is 0.401 e. The van der Waals surface area contributed by atoms with E-state index in [4.69, 9.17) is 0 Å². The summed E-state index contributed by atoms with van der Waals surface area (Å²) in [6, 6.07) is 0. The standard InChI is InChI=1S/C9H16F6N2/c1-3-16-4-5-17(2)6-7(8(10,11)12)9(13,14)15/h7,16H,3-6H2,1-2H3. The van der Waals surface area contributed by atoms with Gasteiger partial charge < -0.3 is 10.2 Å². The SMILES string of the molecule is CCNCCN(C)CC(C(F)(F)F)C(F)(F)F. The molecule has 0 heterocycles. The summed E-state index contributed by atoms with van der Waals surface area (Å²) in [6.07, 6.45) is -10.5. The van der Waals surface area contributed by atoms with Crippen LogP contribution < -0.4 is 5.32 Å². The molecule has 0 aromatic rings. The second-order valence-corrected chi connectivity index (χ2v) is 3.75. The fourth-order valence-corrected chi connectivity index (χ4v) is 1.24. The van der Waals surface area contributed by atoms with Crippen LogP contribution in [0.25, 0.3) is 0 Å². The number of hydrogen-bond donors (Lipinski definition) is 1. The third-order valence-electron chi connectivity index (χ3n) is 2.20. The van der Waals surface area contributed by atoms with E-state index in [0.29, 0.717) is 13.1 Å². The lowest BCUT2D eigenvalue weighted by Crippen LogP contribution is -2.45. The number of halogens is 6. The largest absolute Gasteiger partial charge is 0.401 e. The molecule has 0 bridgehead atoms. The molecule has 1 N–H and O–H groups in total. The molecule has 0 saturated carbocycles. The van der Waals surface area contributed by atoms with E-state index < -0.39 is 24.8 Å². The van der Waals surface area contributed by atoms with E-state index in [2.05, 4.69) is 5.32 Å². The number of nitrogens with one attached hydrogen (secondary N) is 1. The molecule has 8 heteroatoms. The fourth-order valence-electron chi connectivity index (χ4n) is 1.24. The lowest BCUT2D eigenvalue weighted by Gasteiger charge is -2.27. The minimum absolute atomic E-state index is 0.135. The molecule has 0 radical (unpaired) electrons. The van der Waals surface area contributed by atoms with Crippen LogP contribution in [-0.2, 0) is 0 Å². The minimum atomic E-state index is -5.26. The van der Waals surface area contributed by atoms with Gasteiger partial charge >= 0.3 is 12.4 Å². The highest BCUT2D eigenvalue weighted by Crippen LogP contribution is 2.39. The van der Waals surface area contributed by atoms with Crippen molar-refractivity contribution in [3.63, 3.8) is 0 Å². The predicted octanol–water partition coefficient (Wildman–Crippen LogP) is 2.27. The summed E-state index contributed by atoms with van der Waals surface area (Å²) >= 11 is 0. The summed E-state index contributed by atoms with van der Waals surface area (Å²) in [6.45, 7) is 1.84. The van der Waals surface area contributed by atoms with Gasteiger partial charge in [-0.05, 0) is 13.6 Å². The molecule has 0 saturated heterocycles. The lowest BCUT2D eigenvalue weighted by molar-refractivity contribution is -0.286. The summed E-state index contributed by atoms with van der Waals surface area (Å²) in [7, 11) is 1.24. The monoisotopic (exact) mass is 266 g/mol. The molecule has 104 valence electrons. The van der Waals surface area contributed by atoms with Crippen LogP contribution in [-0.4, -0.2) is 50.5 Å². The Balaban J connectivity index is 4.36. The van der Waals surface area contributed by atoms with Crippen molar-refractivity contribution in [3.05, 3.63) is 0 Å². The van der Waals surface area contributed by atoms with Crippen LogP contribution in [0.5, 0.6) is 0 Å². The Kier molecular flexibility index (Phi) is 6.25. The number of alkyl halides is 6. The number of likely N-dealkylation sites (N-methyl/N-ethyl adjacent to an activating group) is 2. The normalized spacial score (nSPS) is 13.8. The van der Waals surface area contributed by atoms with E-state index in [0.717, 1.165) is 4.90 Å². The van der Waals surface area contributed by atoms with Gasteiger partial charge in [0, 0.05) is 19.6 Å². The molecule has 2 nitrogen and oxygen atoms in total. The van der Waals surface area contributed by atoms with Crippen molar-refractivity contribution in [2.24, 2.45) is 5.92 Å². The summed E-state index contributed by atoms with van der Waals surface area (Å²) in [4.78, 5) is 1.02. The maximum atomic E-state index is 12.2. The third-order valence-corrected chi connectivity index (χ3v) is 2.20. The predicted molar refractivity (Wildman–Crippen MR) is 51.6 cm³/mol. The fraction of sp³-hybridized carbons (Fsp3) is 1.00. The smallest absolute Gasteiger partial charge is 0.316 e. The van der Waals surface area contributed by atoms with Gasteiger partial charge in [-0.3, -0.25) is 0 Å². The first-order valence-corrected chi connectivity index (χ1v) is 5.11. The average molecular weight is 266 g/mol. The van der Waals surface area contributed by atoms with Crippen LogP contribution in [0.15, 0.2) is 0 Å². The van der Waals surface area contributed by atoms with Gasteiger partial charge in [0.1, 0.15) is 0 Å². The van der Waals surface area contributed by atoms with Crippen molar-refractivity contribution in [2.45, 2.75) is 19.3 Å². The van der Waals surface area contributed by atoms with Crippen molar-refractivity contribution >= 4 is 0 Å².